The monoisotopic (exact) mass is 265 g/mol. The quantitative estimate of drug-likeness (QED) is 0.775. The van der Waals surface area contributed by atoms with E-state index >= 15 is 0 Å². The van der Waals surface area contributed by atoms with Crippen LogP contribution in [0.25, 0.3) is 10.8 Å². The van der Waals surface area contributed by atoms with Gasteiger partial charge in [0.15, 0.2) is 0 Å². The molecule has 0 saturated heterocycles. The van der Waals surface area contributed by atoms with Crippen molar-refractivity contribution < 1.29 is 0 Å². The summed E-state index contributed by atoms with van der Waals surface area (Å²) in [6.45, 7) is 5.07. The van der Waals surface area contributed by atoms with Gasteiger partial charge in [0.05, 0.1) is 6.54 Å². The maximum Gasteiger partial charge on any atom is 0.203 e. The Hall–Kier alpha value is -2.29. The zero-order chi connectivity index (χ0) is 13.9. The minimum absolute atomic E-state index is 0.378. The molecule has 3 aromatic rings. The van der Waals surface area contributed by atoms with Crippen molar-refractivity contribution in [3.8, 4) is 0 Å². The Morgan fingerprint density at radius 2 is 1.90 bits per heavy atom. The van der Waals surface area contributed by atoms with Crippen molar-refractivity contribution in [2.45, 2.75) is 26.4 Å². The molecule has 0 saturated carbocycles. The number of fused-ring (bicyclic) bond motifs is 1. The Morgan fingerprint density at radius 3 is 2.75 bits per heavy atom. The predicted octanol–water partition coefficient (Wildman–Crippen LogP) is 3.90. The second-order valence-electron chi connectivity index (χ2n) is 5.32. The number of imidazole rings is 1. The van der Waals surface area contributed by atoms with Gasteiger partial charge in [-0.2, -0.15) is 0 Å². The summed E-state index contributed by atoms with van der Waals surface area (Å²) in [5, 5.41) is 5.96. The summed E-state index contributed by atoms with van der Waals surface area (Å²) in [5.74, 6) is 0.924. The van der Waals surface area contributed by atoms with Crippen molar-refractivity contribution in [1.29, 1.82) is 0 Å². The summed E-state index contributed by atoms with van der Waals surface area (Å²) in [6, 6.07) is 15.3. The van der Waals surface area contributed by atoms with Crippen molar-refractivity contribution in [2.75, 3.05) is 5.32 Å². The van der Waals surface area contributed by atoms with Crippen LogP contribution in [0.1, 0.15) is 19.4 Å². The van der Waals surface area contributed by atoms with Crippen molar-refractivity contribution >= 4 is 16.7 Å². The molecule has 0 bridgehead atoms. The van der Waals surface area contributed by atoms with E-state index in [0.29, 0.717) is 6.04 Å². The molecule has 3 rings (SSSR count). The second-order valence-corrected chi connectivity index (χ2v) is 5.32. The molecule has 0 aliphatic heterocycles. The lowest BCUT2D eigenvalue weighted by Gasteiger charge is -2.13. The number of nitrogens with zero attached hydrogens (tertiary/aromatic N) is 2. The van der Waals surface area contributed by atoms with Gasteiger partial charge in [0, 0.05) is 18.4 Å². The summed E-state index contributed by atoms with van der Waals surface area (Å²) in [5.41, 5.74) is 1.31. The van der Waals surface area contributed by atoms with Crippen molar-refractivity contribution in [3.63, 3.8) is 0 Å². The number of rotatable bonds is 4. The molecule has 1 N–H and O–H groups in total. The summed E-state index contributed by atoms with van der Waals surface area (Å²) >= 11 is 0. The fourth-order valence-corrected chi connectivity index (χ4v) is 2.45. The highest BCUT2D eigenvalue weighted by atomic mass is 15.2. The van der Waals surface area contributed by atoms with Crippen molar-refractivity contribution in [2.24, 2.45) is 0 Å². The number of anilines is 1. The van der Waals surface area contributed by atoms with Gasteiger partial charge < -0.3 is 9.88 Å². The van der Waals surface area contributed by atoms with Gasteiger partial charge in [-0.3, -0.25) is 0 Å². The predicted molar refractivity (Wildman–Crippen MR) is 84.0 cm³/mol. The number of benzene rings is 2. The summed E-state index contributed by atoms with van der Waals surface area (Å²) in [7, 11) is 0. The third kappa shape index (κ3) is 2.52. The summed E-state index contributed by atoms with van der Waals surface area (Å²) in [4.78, 5) is 4.38. The van der Waals surface area contributed by atoms with Gasteiger partial charge in [-0.1, -0.05) is 42.5 Å². The highest BCUT2D eigenvalue weighted by Gasteiger charge is 2.06. The van der Waals surface area contributed by atoms with E-state index in [1.165, 1.54) is 16.3 Å². The lowest BCUT2D eigenvalue weighted by Crippen LogP contribution is -2.15. The molecule has 0 aliphatic rings. The highest BCUT2D eigenvalue weighted by molar-refractivity contribution is 5.85. The van der Waals surface area contributed by atoms with Gasteiger partial charge >= 0.3 is 0 Å². The molecule has 3 nitrogen and oxygen atoms in total. The minimum atomic E-state index is 0.378. The van der Waals surface area contributed by atoms with Gasteiger partial charge in [-0.05, 0) is 30.2 Å². The standard InChI is InChI=1S/C17H19N3/c1-13(2)19-17-18-10-11-20(17)12-15-8-5-7-14-6-3-4-9-16(14)15/h3-11,13H,12H2,1-2H3,(H,18,19). The number of hydrogen-bond donors (Lipinski definition) is 1. The van der Waals surface area contributed by atoms with Gasteiger partial charge in [-0.25, -0.2) is 4.98 Å². The Kier molecular flexibility index (Phi) is 3.42. The number of nitrogens with one attached hydrogen (secondary N) is 1. The molecule has 102 valence electrons. The van der Waals surface area contributed by atoms with Crippen LogP contribution in [-0.4, -0.2) is 15.6 Å². The molecule has 0 radical (unpaired) electrons. The van der Waals surface area contributed by atoms with Crippen LogP contribution in [0, 0.1) is 0 Å². The van der Waals surface area contributed by atoms with E-state index in [-0.39, 0.29) is 0 Å². The van der Waals surface area contributed by atoms with Gasteiger partial charge in [0.25, 0.3) is 0 Å². The minimum Gasteiger partial charge on any atom is -0.353 e. The highest BCUT2D eigenvalue weighted by Crippen LogP contribution is 2.20. The maximum atomic E-state index is 4.38. The van der Waals surface area contributed by atoms with Crippen molar-refractivity contribution in [1.82, 2.24) is 9.55 Å². The molecule has 0 fully saturated rings. The van der Waals surface area contributed by atoms with Gasteiger partial charge in [0.1, 0.15) is 0 Å². The Morgan fingerprint density at radius 1 is 1.10 bits per heavy atom. The van der Waals surface area contributed by atoms with Crippen LogP contribution >= 0.6 is 0 Å². The first-order valence-electron chi connectivity index (χ1n) is 6.98. The SMILES string of the molecule is CC(C)Nc1nccn1Cc1cccc2ccccc12. The lowest BCUT2D eigenvalue weighted by atomic mass is 10.0. The van der Waals surface area contributed by atoms with E-state index in [1.807, 2.05) is 12.4 Å². The summed E-state index contributed by atoms with van der Waals surface area (Å²) < 4.78 is 2.15. The zero-order valence-electron chi connectivity index (χ0n) is 11.9. The normalized spacial score (nSPS) is 11.2. The third-order valence-corrected chi connectivity index (χ3v) is 3.35. The molecule has 3 heteroatoms. The van der Waals surface area contributed by atoms with Crippen LogP contribution in [0.5, 0.6) is 0 Å². The molecule has 0 amide bonds. The van der Waals surface area contributed by atoms with E-state index in [1.54, 1.807) is 0 Å². The van der Waals surface area contributed by atoms with E-state index in [9.17, 15) is 0 Å². The molecular weight excluding hydrogens is 246 g/mol. The third-order valence-electron chi connectivity index (χ3n) is 3.35. The first-order valence-corrected chi connectivity index (χ1v) is 6.98. The van der Waals surface area contributed by atoms with Gasteiger partial charge in [0.2, 0.25) is 5.95 Å². The maximum absolute atomic E-state index is 4.38. The van der Waals surface area contributed by atoms with Gasteiger partial charge in [-0.15, -0.1) is 0 Å². The largest absolute Gasteiger partial charge is 0.353 e. The van der Waals surface area contributed by atoms with Crippen molar-refractivity contribution in [3.05, 3.63) is 60.4 Å². The van der Waals surface area contributed by atoms with E-state index in [0.717, 1.165) is 12.5 Å². The van der Waals surface area contributed by atoms with Crippen LogP contribution in [0.2, 0.25) is 0 Å². The van der Waals surface area contributed by atoms with Crippen LogP contribution in [0.4, 0.5) is 5.95 Å². The smallest absolute Gasteiger partial charge is 0.203 e. The molecule has 0 unspecified atom stereocenters. The first-order chi connectivity index (χ1) is 9.74. The topological polar surface area (TPSA) is 29.9 Å². The molecule has 0 spiro atoms. The fourth-order valence-electron chi connectivity index (χ4n) is 2.45. The molecule has 20 heavy (non-hydrogen) atoms. The average Bonchev–Trinajstić information content (AvgIpc) is 2.86. The molecular formula is C17H19N3. The number of hydrogen-bond acceptors (Lipinski definition) is 2. The van der Waals surface area contributed by atoms with Crippen LogP contribution in [0.3, 0.4) is 0 Å². The Labute approximate surface area is 119 Å². The molecule has 0 atom stereocenters. The molecule has 1 heterocycles. The molecule has 2 aromatic carbocycles. The Balaban J connectivity index is 1.96. The average molecular weight is 265 g/mol. The van der Waals surface area contributed by atoms with E-state index < -0.39 is 0 Å². The second kappa shape index (κ2) is 5.37. The zero-order valence-corrected chi connectivity index (χ0v) is 11.9. The van der Waals surface area contributed by atoms with E-state index in [4.69, 9.17) is 0 Å². The fraction of sp³-hybridized carbons (Fsp3) is 0.235. The summed E-state index contributed by atoms with van der Waals surface area (Å²) in [6.07, 6.45) is 3.86. The molecule has 1 aromatic heterocycles. The lowest BCUT2D eigenvalue weighted by molar-refractivity contribution is 0.777. The Bertz CT molecular complexity index is 708. The van der Waals surface area contributed by atoms with Crippen LogP contribution < -0.4 is 5.32 Å². The molecule has 0 aliphatic carbocycles. The van der Waals surface area contributed by atoms with Crippen LogP contribution in [-0.2, 0) is 6.54 Å². The number of aromatic nitrogens is 2. The first kappa shape index (κ1) is 12.7. The van der Waals surface area contributed by atoms with Crippen LogP contribution in [0.15, 0.2) is 54.9 Å². The van der Waals surface area contributed by atoms with E-state index in [2.05, 4.69) is 71.2 Å².